The number of dihydropyridines is 1. The first-order valence-corrected chi connectivity index (χ1v) is 17.7. The van der Waals surface area contributed by atoms with E-state index in [0.717, 1.165) is 18.6 Å². The van der Waals surface area contributed by atoms with E-state index in [9.17, 15) is 38.5 Å². The van der Waals surface area contributed by atoms with Crippen LogP contribution >= 0.6 is 0 Å². The Morgan fingerprint density at radius 3 is 2.23 bits per heavy atom. The van der Waals surface area contributed by atoms with Crippen LogP contribution in [-0.4, -0.2) is 89.8 Å². The molecular formula is C31H43N5O11S. The Labute approximate surface area is 279 Å². The first-order valence-electron chi connectivity index (χ1n) is 16.3. The number of hydrogen-bond acceptors (Lipinski definition) is 13. The number of rotatable bonds is 18. The zero-order valence-corrected chi connectivity index (χ0v) is 28.3. The maximum Gasteiger partial charge on any atom is 0.294 e. The average molecular weight is 694 g/mol. The van der Waals surface area contributed by atoms with Crippen molar-refractivity contribution in [2.75, 3.05) is 32.9 Å². The third-order valence-corrected chi connectivity index (χ3v) is 10.9. The standard InChI is InChI=1S/C31H43N5O11S/c1-4-7-26-29-24(30(37)25(6-3)32-26)20-27(33-29)23-19-22(8-9-28(23)45-16-5-2)48(43,44)34-14-10-21(11-15-34)31(38,12-17-46-35(39)40)13-18-47-36(41)42/h8-9,19,21,25,38H,4-7,10-18,20H2,1-3H3. The highest BCUT2D eigenvalue weighted by Gasteiger charge is 2.41. The number of sulfonamides is 1. The molecule has 1 aromatic carbocycles. The summed E-state index contributed by atoms with van der Waals surface area (Å²) in [4.78, 5) is 52.9. The topological polar surface area (TPSA) is 213 Å². The lowest BCUT2D eigenvalue weighted by Crippen LogP contribution is -2.48. The van der Waals surface area contributed by atoms with E-state index < -0.39 is 51.0 Å². The molecule has 1 saturated heterocycles. The molecule has 16 nitrogen and oxygen atoms in total. The fourth-order valence-electron chi connectivity index (χ4n) is 6.44. The fourth-order valence-corrected chi connectivity index (χ4v) is 7.94. The molecule has 0 radical (unpaired) electrons. The Morgan fingerprint density at radius 1 is 1.02 bits per heavy atom. The highest BCUT2D eigenvalue weighted by atomic mass is 32.2. The van der Waals surface area contributed by atoms with Crippen LogP contribution in [0, 0.1) is 26.1 Å². The van der Waals surface area contributed by atoms with E-state index in [1.165, 1.54) is 16.4 Å². The van der Waals surface area contributed by atoms with E-state index in [1.54, 1.807) is 6.07 Å². The zero-order valence-electron chi connectivity index (χ0n) is 27.5. The molecule has 1 atom stereocenters. The number of ether oxygens (including phenoxy) is 1. The molecule has 3 heterocycles. The molecule has 0 aliphatic carbocycles. The first-order chi connectivity index (χ1) is 22.8. The smallest absolute Gasteiger partial charge is 0.294 e. The predicted molar refractivity (Wildman–Crippen MR) is 173 cm³/mol. The molecule has 17 heteroatoms. The first kappa shape index (κ1) is 36.9. The van der Waals surface area contributed by atoms with Gasteiger partial charge in [-0.1, -0.05) is 27.2 Å². The van der Waals surface area contributed by atoms with Gasteiger partial charge >= 0.3 is 0 Å². The molecule has 4 rings (SSSR count). The third-order valence-electron chi connectivity index (χ3n) is 8.97. The van der Waals surface area contributed by atoms with Gasteiger partial charge in [0.05, 0.1) is 47.4 Å². The second-order valence-electron chi connectivity index (χ2n) is 12.1. The number of piperidine rings is 1. The lowest BCUT2D eigenvalue weighted by atomic mass is 9.77. The summed E-state index contributed by atoms with van der Waals surface area (Å²) >= 11 is 0. The number of carbonyl (C=O) groups is 1. The van der Waals surface area contributed by atoms with Crippen LogP contribution in [0.25, 0.3) is 0 Å². The van der Waals surface area contributed by atoms with E-state index in [2.05, 4.69) is 14.7 Å². The van der Waals surface area contributed by atoms with Crippen molar-refractivity contribution in [3.8, 4) is 5.75 Å². The highest BCUT2D eigenvalue weighted by Crippen LogP contribution is 2.38. The van der Waals surface area contributed by atoms with E-state index in [1.807, 2.05) is 20.8 Å². The van der Waals surface area contributed by atoms with Gasteiger partial charge in [-0.2, -0.15) is 4.31 Å². The summed E-state index contributed by atoms with van der Waals surface area (Å²) in [7, 11) is -4.04. The van der Waals surface area contributed by atoms with Gasteiger partial charge in [-0.15, -0.1) is 20.2 Å². The molecule has 0 aromatic heterocycles. The maximum absolute atomic E-state index is 14.0. The number of aliphatic imine (C=N–C) groups is 2. The van der Waals surface area contributed by atoms with Crippen molar-refractivity contribution >= 4 is 27.2 Å². The number of ketones is 1. The molecule has 3 aliphatic rings. The molecule has 1 N–H and O–H groups in total. The Balaban J connectivity index is 1.56. The number of benzene rings is 1. The van der Waals surface area contributed by atoms with Crippen LogP contribution in [0.4, 0.5) is 0 Å². The minimum Gasteiger partial charge on any atom is -0.493 e. The second-order valence-corrected chi connectivity index (χ2v) is 14.0. The van der Waals surface area contributed by atoms with Gasteiger partial charge in [-0.3, -0.25) is 9.79 Å². The number of Topliss-reactive ketones (excluding diaryl/α,β-unsaturated/α-hetero) is 1. The Hall–Kier alpha value is -3.96. The van der Waals surface area contributed by atoms with Crippen LogP contribution in [0.5, 0.6) is 5.75 Å². The molecule has 1 unspecified atom stereocenters. The van der Waals surface area contributed by atoms with Gasteiger partial charge < -0.3 is 19.5 Å². The van der Waals surface area contributed by atoms with Crippen molar-refractivity contribution in [1.82, 2.24) is 4.31 Å². The molecule has 1 aromatic rings. The van der Waals surface area contributed by atoms with Crippen molar-refractivity contribution in [2.45, 2.75) is 95.1 Å². The van der Waals surface area contributed by atoms with Crippen molar-refractivity contribution in [3.63, 3.8) is 0 Å². The second kappa shape index (κ2) is 16.0. The fraction of sp³-hybridized carbons (Fsp3) is 0.645. The lowest BCUT2D eigenvalue weighted by molar-refractivity contribution is -0.759. The summed E-state index contributed by atoms with van der Waals surface area (Å²) in [6.45, 7) is 5.50. The van der Waals surface area contributed by atoms with Crippen LogP contribution in [0.3, 0.4) is 0 Å². The lowest BCUT2D eigenvalue weighted by Gasteiger charge is -2.41. The largest absolute Gasteiger partial charge is 0.493 e. The van der Waals surface area contributed by atoms with Crippen LogP contribution in [0.1, 0.15) is 84.1 Å². The molecule has 3 aliphatic heterocycles. The quantitative estimate of drug-likeness (QED) is 0.172. The molecule has 0 spiro atoms. The summed E-state index contributed by atoms with van der Waals surface area (Å²) < 4.78 is 35.2. The van der Waals surface area contributed by atoms with Gasteiger partial charge in [0.1, 0.15) is 11.8 Å². The molecule has 1 fully saturated rings. The van der Waals surface area contributed by atoms with Crippen LogP contribution < -0.4 is 4.74 Å². The number of nitrogens with zero attached hydrogens (tertiary/aromatic N) is 5. The molecule has 0 amide bonds. The SMILES string of the molecule is CCCOc1ccc(S(=O)(=O)N2CCC(C(O)(CCO[N+](=O)[O-])CCO[N+](=O)[O-])CC2)cc1C1=NC2=C(C1)C(=O)C(CC)N=C2CCC. The Bertz CT molecular complexity index is 1560. The summed E-state index contributed by atoms with van der Waals surface area (Å²) in [6.07, 6.45) is 3.04. The minimum absolute atomic E-state index is 0.0154. The molecule has 0 saturated carbocycles. The van der Waals surface area contributed by atoms with Gasteiger partial charge in [-0.25, -0.2) is 13.4 Å². The van der Waals surface area contributed by atoms with Crippen LogP contribution in [-0.2, 0) is 24.5 Å². The molecule has 48 heavy (non-hydrogen) atoms. The van der Waals surface area contributed by atoms with Crippen molar-refractivity contribution < 1.29 is 42.9 Å². The van der Waals surface area contributed by atoms with E-state index in [4.69, 9.17) is 9.73 Å². The van der Waals surface area contributed by atoms with Crippen LogP contribution in [0.15, 0.2) is 44.3 Å². The van der Waals surface area contributed by atoms with E-state index in [0.29, 0.717) is 47.7 Å². The molecule has 0 bridgehead atoms. The average Bonchev–Trinajstić information content (AvgIpc) is 3.51. The number of allylic oxidation sites excluding steroid dienone is 1. The monoisotopic (exact) mass is 693 g/mol. The normalized spacial score (nSPS) is 19.1. The van der Waals surface area contributed by atoms with Gasteiger partial charge in [-0.05, 0) is 56.2 Å². The number of hydrogen-bond donors (Lipinski definition) is 1. The van der Waals surface area contributed by atoms with Crippen molar-refractivity contribution in [3.05, 3.63) is 55.3 Å². The predicted octanol–water partition coefficient (Wildman–Crippen LogP) is 3.85. The Morgan fingerprint density at radius 2 is 1.67 bits per heavy atom. The van der Waals surface area contributed by atoms with Crippen molar-refractivity contribution in [2.24, 2.45) is 15.9 Å². The zero-order chi connectivity index (χ0) is 35.1. The van der Waals surface area contributed by atoms with E-state index >= 15 is 0 Å². The van der Waals surface area contributed by atoms with Gasteiger partial charge in [0.2, 0.25) is 10.0 Å². The summed E-state index contributed by atoms with van der Waals surface area (Å²) in [5, 5.41) is 30.7. The molecule has 264 valence electrons. The van der Waals surface area contributed by atoms with Gasteiger partial charge in [0, 0.05) is 43.5 Å². The summed E-state index contributed by atoms with van der Waals surface area (Å²) in [5.41, 5.74) is 1.34. The minimum atomic E-state index is -4.04. The van der Waals surface area contributed by atoms with E-state index in [-0.39, 0.29) is 55.9 Å². The maximum atomic E-state index is 14.0. The number of aliphatic hydroxyl groups is 1. The van der Waals surface area contributed by atoms with Gasteiger partial charge in [0.15, 0.2) is 5.78 Å². The number of carbonyl (C=O) groups excluding carboxylic acids is 1. The third kappa shape index (κ3) is 8.36. The van der Waals surface area contributed by atoms with Crippen LogP contribution in [0.2, 0.25) is 0 Å². The molecular weight excluding hydrogens is 650 g/mol. The van der Waals surface area contributed by atoms with Gasteiger partial charge in [0.25, 0.3) is 10.2 Å². The van der Waals surface area contributed by atoms with Crippen molar-refractivity contribution in [1.29, 1.82) is 0 Å². The summed E-state index contributed by atoms with van der Waals surface area (Å²) in [5.74, 6) is -0.132. The highest BCUT2D eigenvalue weighted by molar-refractivity contribution is 7.89. The summed E-state index contributed by atoms with van der Waals surface area (Å²) in [6, 6.07) is 4.15. The Kier molecular flexibility index (Phi) is 12.3.